The average molecular weight is 1030 g/mol. The Morgan fingerprint density at radius 3 is 1.18 bits per heavy atom. The van der Waals surface area contributed by atoms with Gasteiger partial charge in [0.15, 0.2) is 6.10 Å². The highest BCUT2D eigenvalue weighted by atomic mass is 31.2. The maximum absolute atomic E-state index is 12.8. The maximum atomic E-state index is 12.8. The van der Waals surface area contributed by atoms with Crippen LogP contribution in [0, 0.1) is 0 Å². The van der Waals surface area contributed by atoms with Crippen LogP contribution in [-0.4, -0.2) is 74.9 Å². The Morgan fingerprint density at radius 1 is 0.444 bits per heavy atom. The van der Waals surface area contributed by atoms with Gasteiger partial charge in [0.2, 0.25) is 0 Å². The van der Waals surface area contributed by atoms with Crippen molar-refractivity contribution in [1.29, 1.82) is 0 Å². The van der Waals surface area contributed by atoms with Crippen LogP contribution >= 0.6 is 7.82 Å². The van der Waals surface area contributed by atoms with Crippen LogP contribution in [0.2, 0.25) is 0 Å². The molecule has 0 saturated carbocycles. The van der Waals surface area contributed by atoms with Gasteiger partial charge in [-0.1, -0.05) is 254 Å². The first-order valence-electron chi connectivity index (χ1n) is 29.7. The largest absolute Gasteiger partial charge is 0.472 e. The first-order valence-corrected chi connectivity index (χ1v) is 31.2. The molecule has 0 amide bonds. The quantitative estimate of drug-likeness (QED) is 0.0211. The van der Waals surface area contributed by atoms with Gasteiger partial charge in [0.1, 0.15) is 19.8 Å². The molecule has 0 saturated heterocycles. The van der Waals surface area contributed by atoms with Gasteiger partial charge < -0.3 is 18.9 Å². The molecular weight excluding hydrogens is 918 g/mol. The zero-order valence-corrected chi connectivity index (χ0v) is 48.3. The van der Waals surface area contributed by atoms with Crippen molar-refractivity contribution in [3.63, 3.8) is 0 Å². The number of ether oxygens (including phenoxy) is 2. The summed E-state index contributed by atoms with van der Waals surface area (Å²) in [6.07, 6.45) is 69.7. The van der Waals surface area contributed by atoms with Crippen LogP contribution < -0.4 is 0 Å². The molecule has 0 aliphatic carbocycles. The topological polar surface area (TPSA) is 108 Å². The molecule has 0 heterocycles. The van der Waals surface area contributed by atoms with Crippen LogP contribution in [-0.2, 0) is 32.7 Å². The van der Waals surface area contributed by atoms with E-state index in [9.17, 15) is 19.0 Å². The minimum absolute atomic E-state index is 0.0307. The fourth-order valence-corrected chi connectivity index (χ4v) is 8.94. The predicted octanol–water partition coefficient (Wildman–Crippen LogP) is 18.5. The third kappa shape index (κ3) is 56.7. The van der Waals surface area contributed by atoms with Gasteiger partial charge in [0.25, 0.3) is 0 Å². The number of esters is 2. The Balaban J connectivity index is 4.12. The molecule has 10 heteroatoms. The predicted molar refractivity (Wildman–Crippen MR) is 307 cm³/mol. The average Bonchev–Trinajstić information content (AvgIpc) is 3.34. The third-order valence-corrected chi connectivity index (χ3v) is 13.7. The molecule has 0 aliphatic heterocycles. The van der Waals surface area contributed by atoms with Gasteiger partial charge in [-0.2, -0.15) is 0 Å². The van der Waals surface area contributed by atoms with Crippen LogP contribution in [0.3, 0.4) is 0 Å². The Labute approximate surface area is 444 Å². The fourth-order valence-electron chi connectivity index (χ4n) is 8.20. The van der Waals surface area contributed by atoms with Crippen molar-refractivity contribution in [3.05, 3.63) is 72.9 Å². The molecule has 0 radical (unpaired) electrons. The molecule has 0 spiro atoms. The van der Waals surface area contributed by atoms with Crippen molar-refractivity contribution >= 4 is 19.8 Å². The number of unbranched alkanes of at least 4 members (excludes halogenated alkanes) is 28. The molecule has 0 aliphatic rings. The number of quaternary nitrogens is 1. The second-order valence-corrected chi connectivity index (χ2v) is 22.5. The van der Waals surface area contributed by atoms with E-state index >= 15 is 0 Å². The van der Waals surface area contributed by atoms with E-state index in [-0.39, 0.29) is 25.6 Å². The second kappa shape index (κ2) is 53.3. The molecule has 0 bridgehead atoms. The highest BCUT2D eigenvalue weighted by Gasteiger charge is 2.27. The van der Waals surface area contributed by atoms with Gasteiger partial charge in [-0.3, -0.25) is 18.6 Å². The summed E-state index contributed by atoms with van der Waals surface area (Å²) in [6.45, 7) is 4.34. The molecule has 0 aromatic rings. The second-order valence-electron chi connectivity index (χ2n) is 21.0. The van der Waals surface area contributed by atoms with Gasteiger partial charge in [0, 0.05) is 12.8 Å². The Morgan fingerprint density at radius 2 is 0.792 bits per heavy atom. The molecular formula is C62H113NO8P+. The minimum atomic E-state index is -4.39. The van der Waals surface area contributed by atoms with Crippen molar-refractivity contribution in [2.75, 3.05) is 47.5 Å². The van der Waals surface area contributed by atoms with E-state index in [1.807, 2.05) is 21.1 Å². The van der Waals surface area contributed by atoms with E-state index in [0.717, 1.165) is 77.0 Å². The molecule has 72 heavy (non-hydrogen) atoms. The van der Waals surface area contributed by atoms with E-state index in [2.05, 4.69) is 86.8 Å². The monoisotopic (exact) mass is 1030 g/mol. The van der Waals surface area contributed by atoms with Gasteiger partial charge in [-0.25, -0.2) is 4.57 Å². The molecule has 2 unspecified atom stereocenters. The number of carbonyl (C=O) groups excluding carboxylic acids is 2. The highest BCUT2D eigenvalue weighted by molar-refractivity contribution is 7.47. The zero-order chi connectivity index (χ0) is 52.7. The summed E-state index contributed by atoms with van der Waals surface area (Å²) in [4.78, 5) is 35.7. The first-order chi connectivity index (χ1) is 35.0. The summed E-state index contributed by atoms with van der Waals surface area (Å²) in [7, 11) is 1.48. The molecule has 0 aromatic heterocycles. The number of phosphoric ester groups is 1. The van der Waals surface area contributed by atoms with Crippen molar-refractivity contribution in [2.24, 2.45) is 0 Å². The number of nitrogens with zero attached hydrogens (tertiary/aromatic N) is 1. The first kappa shape index (κ1) is 69.5. The third-order valence-electron chi connectivity index (χ3n) is 12.8. The van der Waals surface area contributed by atoms with E-state index in [4.69, 9.17) is 18.5 Å². The summed E-state index contributed by atoms with van der Waals surface area (Å²) in [5.41, 5.74) is 0. The number of hydrogen-bond donors (Lipinski definition) is 1. The van der Waals surface area contributed by atoms with Crippen LogP contribution in [0.4, 0.5) is 0 Å². The SMILES string of the molecule is CC/C=C\C/C=C\C/C=C\C/C=C\C/C=C\C/C=C\CCCCCCCCCCCCCCC(=O)OC(COC(=O)CCCCCCCCCCCCCCCCCCC)COP(=O)(O)OCC[N+](C)(C)C. The number of rotatable bonds is 54. The van der Waals surface area contributed by atoms with Crippen molar-refractivity contribution < 1.29 is 42.1 Å². The van der Waals surface area contributed by atoms with Gasteiger partial charge >= 0.3 is 19.8 Å². The maximum Gasteiger partial charge on any atom is 0.472 e. The smallest absolute Gasteiger partial charge is 0.462 e. The number of allylic oxidation sites excluding steroid dienone is 12. The van der Waals surface area contributed by atoms with Crippen molar-refractivity contribution in [1.82, 2.24) is 0 Å². The highest BCUT2D eigenvalue weighted by Crippen LogP contribution is 2.43. The number of carbonyl (C=O) groups is 2. The molecule has 1 N–H and O–H groups in total. The minimum Gasteiger partial charge on any atom is -0.462 e. The van der Waals surface area contributed by atoms with E-state index < -0.39 is 26.5 Å². The summed E-state index contributed by atoms with van der Waals surface area (Å²) >= 11 is 0. The lowest BCUT2D eigenvalue weighted by atomic mass is 10.0. The summed E-state index contributed by atoms with van der Waals surface area (Å²) in [5.74, 6) is -0.792. The Bertz CT molecular complexity index is 1450. The van der Waals surface area contributed by atoms with Crippen molar-refractivity contribution in [2.45, 2.75) is 264 Å². The molecule has 0 aromatic carbocycles. The molecule has 418 valence electrons. The van der Waals surface area contributed by atoms with E-state index in [0.29, 0.717) is 23.9 Å². The molecule has 0 fully saturated rings. The van der Waals surface area contributed by atoms with Crippen LogP contribution in [0.1, 0.15) is 258 Å². The normalized spacial score (nSPS) is 13.8. The standard InChI is InChI=1S/C62H112NO8P/c1-6-8-10-12-14-16-18-20-22-24-25-26-27-28-29-30-31-32-33-34-35-36-37-39-41-43-45-47-49-51-53-55-62(65)71-60(59-70-72(66,67)69-57-56-63(3,4)5)58-68-61(64)54-52-50-48-46-44-42-40-38-23-21-19-17-15-13-11-9-7-2/h8,10,14,16,20,22,25-26,28-29,31-32,60H,6-7,9,11-13,15,17-19,21,23-24,27,30,33-59H2,1-5H3/p+1/b10-8-,16-14-,22-20-,26-25-,29-28-,32-31-. The lowest BCUT2D eigenvalue weighted by molar-refractivity contribution is -0.870. The van der Waals surface area contributed by atoms with Crippen LogP contribution in [0.5, 0.6) is 0 Å². The Kier molecular flexibility index (Phi) is 51.4. The summed E-state index contributed by atoms with van der Waals surface area (Å²) in [5, 5.41) is 0. The van der Waals surface area contributed by atoms with Crippen molar-refractivity contribution in [3.8, 4) is 0 Å². The van der Waals surface area contributed by atoms with E-state index in [1.165, 1.54) is 148 Å². The van der Waals surface area contributed by atoms with E-state index in [1.54, 1.807) is 0 Å². The van der Waals surface area contributed by atoms with Crippen LogP contribution in [0.25, 0.3) is 0 Å². The molecule has 0 rings (SSSR count). The van der Waals surface area contributed by atoms with Gasteiger partial charge in [-0.15, -0.1) is 0 Å². The van der Waals surface area contributed by atoms with Crippen LogP contribution in [0.15, 0.2) is 72.9 Å². The fraction of sp³-hybridized carbons (Fsp3) is 0.774. The Hall–Kier alpha value is -2.55. The lowest BCUT2D eigenvalue weighted by Gasteiger charge is -2.24. The summed E-state index contributed by atoms with van der Waals surface area (Å²) in [6, 6.07) is 0. The number of likely N-dealkylation sites (N-methyl/N-ethyl adjacent to an activating group) is 1. The summed E-state index contributed by atoms with van der Waals surface area (Å²) < 4.78 is 34.6. The molecule has 2 atom stereocenters. The number of hydrogen-bond acceptors (Lipinski definition) is 7. The number of phosphoric acid groups is 1. The van der Waals surface area contributed by atoms with Gasteiger partial charge in [0.05, 0.1) is 27.7 Å². The molecule has 9 nitrogen and oxygen atoms in total. The van der Waals surface area contributed by atoms with Gasteiger partial charge in [-0.05, 0) is 64.2 Å². The lowest BCUT2D eigenvalue weighted by Crippen LogP contribution is -2.37. The zero-order valence-electron chi connectivity index (χ0n) is 47.4.